The molecule has 0 saturated carbocycles. The fourth-order valence-corrected chi connectivity index (χ4v) is 2.05. The number of ketones is 1. The van der Waals surface area contributed by atoms with E-state index in [4.69, 9.17) is 11.1 Å². The number of amidine groups is 1. The zero-order valence-corrected chi connectivity index (χ0v) is 11.3. The van der Waals surface area contributed by atoms with Crippen LogP contribution in [0.15, 0.2) is 54.6 Å². The minimum absolute atomic E-state index is 0.0664. The summed E-state index contributed by atoms with van der Waals surface area (Å²) in [6, 6.07) is 17.3. The smallest absolute Gasteiger partial charge is 0.137 e. The number of carbonyl (C=O) groups is 1. The van der Waals surface area contributed by atoms with E-state index in [1.807, 2.05) is 54.6 Å². The Morgan fingerprint density at radius 1 is 0.950 bits per heavy atom. The summed E-state index contributed by atoms with van der Waals surface area (Å²) >= 11 is 0. The molecule has 0 radical (unpaired) electrons. The molecule has 0 atom stereocenters. The van der Waals surface area contributed by atoms with E-state index in [1.165, 1.54) is 0 Å². The monoisotopic (exact) mass is 266 g/mol. The van der Waals surface area contributed by atoms with Crippen LogP contribution in [0.3, 0.4) is 0 Å². The Hall–Kier alpha value is -2.42. The van der Waals surface area contributed by atoms with Crippen LogP contribution in [-0.4, -0.2) is 11.6 Å². The molecule has 3 heteroatoms. The average Bonchev–Trinajstić information content (AvgIpc) is 2.46. The van der Waals surface area contributed by atoms with Crippen molar-refractivity contribution in [1.29, 1.82) is 5.41 Å². The number of Topliss-reactive ketones (excluding diaryl/α,β-unsaturated/α-hetero) is 1. The molecule has 0 aromatic heterocycles. The fourth-order valence-electron chi connectivity index (χ4n) is 2.05. The molecule has 3 N–H and O–H groups in total. The second-order valence-electron chi connectivity index (χ2n) is 4.81. The third kappa shape index (κ3) is 4.05. The summed E-state index contributed by atoms with van der Waals surface area (Å²) < 4.78 is 0. The zero-order chi connectivity index (χ0) is 14.4. The van der Waals surface area contributed by atoms with Gasteiger partial charge in [0.15, 0.2) is 0 Å². The molecular formula is C17H18N2O. The Morgan fingerprint density at radius 2 is 1.60 bits per heavy atom. The first kappa shape index (κ1) is 14.0. The molecule has 0 bridgehead atoms. The number of benzene rings is 2. The highest BCUT2D eigenvalue weighted by atomic mass is 16.1. The summed E-state index contributed by atoms with van der Waals surface area (Å²) in [7, 11) is 0. The molecule has 0 saturated heterocycles. The number of hydrogen-bond donors (Lipinski definition) is 2. The van der Waals surface area contributed by atoms with Gasteiger partial charge in [-0.25, -0.2) is 0 Å². The van der Waals surface area contributed by atoms with Crippen LogP contribution in [0.4, 0.5) is 0 Å². The minimum atomic E-state index is 0.0664. The number of hydrogen-bond acceptors (Lipinski definition) is 2. The number of carbonyl (C=O) groups excluding carboxylic acids is 1. The van der Waals surface area contributed by atoms with Crippen molar-refractivity contribution in [2.75, 3.05) is 0 Å². The molecular weight excluding hydrogens is 248 g/mol. The standard InChI is InChI=1S/C17H18N2O/c18-17(19)15-9-6-13(7-10-15)8-11-16(20)12-14-4-2-1-3-5-14/h1-7,9-10H,8,11-12H2,(H3,18,19). The second kappa shape index (κ2) is 6.66. The molecule has 2 rings (SSSR count). The summed E-state index contributed by atoms with van der Waals surface area (Å²) in [6.45, 7) is 0. The van der Waals surface area contributed by atoms with Crippen molar-refractivity contribution in [3.63, 3.8) is 0 Å². The van der Waals surface area contributed by atoms with Gasteiger partial charge in [0.25, 0.3) is 0 Å². The van der Waals surface area contributed by atoms with E-state index in [0.717, 1.165) is 17.5 Å². The number of nitrogens with two attached hydrogens (primary N) is 1. The van der Waals surface area contributed by atoms with E-state index in [2.05, 4.69) is 0 Å². The van der Waals surface area contributed by atoms with Gasteiger partial charge in [0, 0.05) is 18.4 Å². The average molecular weight is 266 g/mol. The number of nitrogen functional groups attached to an aromatic ring is 1. The molecule has 2 aromatic rings. The van der Waals surface area contributed by atoms with Crippen LogP contribution < -0.4 is 5.73 Å². The minimum Gasteiger partial charge on any atom is -0.384 e. The van der Waals surface area contributed by atoms with Crippen molar-refractivity contribution >= 4 is 11.6 Å². The first-order chi connectivity index (χ1) is 9.65. The lowest BCUT2D eigenvalue weighted by molar-refractivity contribution is -0.118. The van der Waals surface area contributed by atoms with Gasteiger partial charge in [-0.05, 0) is 17.5 Å². The van der Waals surface area contributed by atoms with E-state index >= 15 is 0 Å². The maximum atomic E-state index is 11.9. The molecule has 0 spiro atoms. The van der Waals surface area contributed by atoms with Gasteiger partial charge in [0.05, 0.1) is 0 Å². The molecule has 0 amide bonds. The number of nitrogens with one attached hydrogen (secondary N) is 1. The molecule has 0 heterocycles. The van der Waals surface area contributed by atoms with Gasteiger partial charge >= 0.3 is 0 Å². The molecule has 102 valence electrons. The van der Waals surface area contributed by atoms with Crippen LogP contribution in [-0.2, 0) is 17.6 Å². The van der Waals surface area contributed by atoms with E-state index in [-0.39, 0.29) is 11.6 Å². The Kier molecular flexibility index (Phi) is 4.66. The van der Waals surface area contributed by atoms with Gasteiger partial charge in [-0.3, -0.25) is 10.2 Å². The predicted molar refractivity (Wildman–Crippen MR) is 80.9 cm³/mol. The van der Waals surface area contributed by atoms with Crippen molar-refractivity contribution in [2.24, 2.45) is 5.73 Å². The van der Waals surface area contributed by atoms with E-state index in [1.54, 1.807) is 0 Å². The highest BCUT2D eigenvalue weighted by Gasteiger charge is 2.04. The van der Waals surface area contributed by atoms with Gasteiger partial charge in [-0.2, -0.15) is 0 Å². The lowest BCUT2D eigenvalue weighted by Crippen LogP contribution is -2.10. The summed E-state index contributed by atoms with van der Waals surface area (Å²) in [4.78, 5) is 11.9. The second-order valence-corrected chi connectivity index (χ2v) is 4.81. The third-order valence-corrected chi connectivity index (χ3v) is 3.20. The summed E-state index contributed by atoms with van der Waals surface area (Å²) in [6.07, 6.45) is 1.75. The fraction of sp³-hybridized carbons (Fsp3) is 0.176. The Labute approximate surface area is 118 Å². The zero-order valence-electron chi connectivity index (χ0n) is 11.3. The topological polar surface area (TPSA) is 66.9 Å². The van der Waals surface area contributed by atoms with Gasteiger partial charge in [0.1, 0.15) is 11.6 Å². The lowest BCUT2D eigenvalue weighted by atomic mass is 10.0. The van der Waals surface area contributed by atoms with Gasteiger partial charge < -0.3 is 5.73 Å². The largest absolute Gasteiger partial charge is 0.384 e. The maximum Gasteiger partial charge on any atom is 0.137 e. The van der Waals surface area contributed by atoms with Crippen LogP contribution >= 0.6 is 0 Å². The van der Waals surface area contributed by atoms with Crippen molar-refractivity contribution in [3.8, 4) is 0 Å². The highest BCUT2D eigenvalue weighted by molar-refractivity contribution is 5.94. The molecule has 2 aromatic carbocycles. The van der Waals surface area contributed by atoms with Gasteiger partial charge in [-0.15, -0.1) is 0 Å². The summed E-state index contributed by atoms with van der Waals surface area (Å²) in [5.41, 5.74) is 8.27. The Bertz CT molecular complexity index is 588. The van der Waals surface area contributed by atoms with E-state index in [0.29, 0.717) is 18.4 Å². The molecule has 20 heavy (non-hydrogen) atoms. The Morgan fingerprint density at radius 3 is 2.20 bits per heavy atom. The Balaban J connectivity index is 1.85. The van der Waals surface area contributed by atoms with Crippen molar-refractivity contribution in [2.45, 2.75) is 19.3 Å². The number of aryl methyl sites for hydroxylation is 1. The van der Waals surface area contributed by atoms with Gasteiger partial charge in [0.2, 0.25) is 0 Å². The van der Waals surface area contributed by atoms with Crippen molar-refractivity contribution < 1.29 is 4.79 Å². The van der Waals surface area contributed by atoms with E-state index < -0.39 is 0 Å². The molecule has 0 unspecified atom stereocenters. The first-order valence-electron chi connectivity index (χ1n) is 6.64. The SMILES string of the molecule is N=C(N)c1ccc(CCC(=O)Cc2ccccc2)cc1. The predicted octanol–water partition coefficient (Wildman–Crippen LogP) is 2.72. The van der Waals surface area contributed by atoms with E-state index in [9.17, 15) is 4.79 Å². The highest BCUT2D eigenvalue weighted by Crippen LogP contribution is 2.08. The van der Waals surface area contributed by atoms with Crippen LogP contribution in [0.2, 0.25) is 0 Å². The van der Waals surface area contributed by atoms with Crippen molar-refractivity contribution in [1.82, 2.24) is 0 Å². The quantitative estimate of drug-likeness (QED) is 0.623. The normalized spacial score (nSPS) is 10.2. The molecule has 0 fully saturated rings. The molecule has 0 aliphatic heterocycles. The van der Waals surface area contributed by atoms with Crippen molar-refractivity contribution in [3.05, 3.63) is 71.3 Å². The van der Waals surface area contributed by atoms with Crippen LogP contribution in [0, 0.1) is 5.41 Å². The lowest BCUT2D eigenvalue weighted by Gasteiger charge is -2.04. The molecule has 0 aliphatic carbocycles. The third-order valence-electron chi connectivity index (χ3n) is 3.20. The van der Waals surface area contributed by atoms with Crippen LogP contribution in [0.1, 0.15) is 23.1 Å². The van der Waals surface area contributed by atoms with Crippen LogP contribution in [0.25, 0.3) is 0 Å². The number of rotatable bonds is 6. The molecule has 3 nitrogen and oxygen atoms in total. The first-order valence-corrected chi connectivity index (χ1v) is 6.64. The van der Waals surface area contributed by atoms with Gasteiger partial charge in [-0.1, -0.05) is 54.6 Å². The maximum absolute atomic E-state index is 11.9. The molecule has 0 aliphatic rings. The summed E-state index contributed by atoms with van der Waals surface area (Å²) in [5.74, 6) is 0.309. The summed E-state index contributed by atoms with van der Waals surface area (Å²) in [5, 5.41) is 7.32. The van der Waals surface area contributed by atoms with Crippen LogP contribution in [0.5, 0.6) is 0 Å².